The SMILES string of the molecule is CC[CH]c1n[nH]c2ccccc12. The molecule has 0 aliphatic heterocycles. The number of aromatic nitrogens is 2. The molecule has 1 aromatic carbocycles. The molecule has 0 saturated carbocycles. The number of fused-ring (bicyclic) bond motifs is 1. The highest BCUT2D eigenvalue weighted by atomic mass is 15.1. The molecule has 2 aromatic rings. The molecule has 0 saturated heterocycles. The summed E-state index contributed by atoms with van der Waals surface area (Å²) < 4.78 is 0. The van der Waals surface area contributed by atoms with E-state index in [0.29, 0.717) is 0 Å². The lowest BCUT2D eigenvalue weighted by molar-refractivity contribution is 1.02. The van der Waals surface area contributed by atoms with Crippen LogP contribution in [-0.2, 0) is 0 Å². The van der Waals surface area contributed by atoms with Crippen molar-refractivity contribution in [3.63, 3.8) is 0 Å². The third-order valence-electron chi connectivity index (χ3n) is 1.90. The molecule has 0 unspecified atom stereocenters. The number of aromatic amines is 1. The Bertz CT molecular complexity index is 376. The summed E-state index contributed by atoms with van der Waals surface area (Å²) in [7, 11) is 0. The van der Waals surface area contributed by atoms with Gasteiger partial charge in [-0.25, -0.2) is 0 Å². The van der Waals surface area contributed by atoms with Crippen molar-refractivity contribution in [2.24, 2.45) is 0 Å². The first-order valence-corrected chi connectivity index (χ1v) is 4.18. The van der Waals surface area contributed by atoms with Crippen LogP contribution in [0.25, 0.3) is 10.9 Å². The summed E-state index contributed by atoms with van der Waals surface area (Å²) in [5, 5.41) is 8.40. The molecular formula is C10H11N2. The third kappa shape index (κ3) is 1.09. The molecule has 1 radical (unpaired) electrons. The number of nitrogens with one attached hydrogen (secondary N) is 1. The molecular weight excluding hydrogens is 148 g/mol. The van der Waals surface area contributed by atoms with Crippen LogP contribution in [0.2, 0.25) is 0 Å². The Balaban J connectivity index is 2.55. The highest BCUT2D eigenvalue weighted by Crippen LogP contribution is 2.16. The van der Waals surface area contributed by atoms with Crippen molar-refractivity contribution in [1.29, 1.82) is 0 Å². The Hall–Kier alpha value is -1.31. The number of hydrogen-bond donors (Lipinski definition) is 1. The lowest BCUT2D eigenvalue weighted by atomic mass is 10.1. The topological polar surface area (TPSA) is 28.7 Å². The van der Waals surface area contributed by atoms with Gasteiger partial charge in [-0.3, -0.25) is 5.10 Å². The molecule has 1 heterocycles. The van der Waals surface area contributed by atoms with Gasteiger partial charge in [-0.2, -0.15) is 5.10 Å². The Morgan fingerprint density at radius 1 is 1.42 bits per heavy atom. The van der Waals surface area contributed by atoms with E-state index in [0.717, 1.165) is 17.6 Å². The van der Waals surface area contributed by atoms with E-state index in [4.69, 9.17) is 0 Å². The van der Waals surface area contributed by atoms with E-state index in [2.05, 4.69) is 29.6 Å². The first kappa shape index (κ1) is 7.35. The summed E-state index contributed by atoms with van der Waals surface area (Å²) in [5.74, 6) is 0. The molecule has 1 N–H and O–H groups in total. The fourth-order valence-corrected chi connectivity index (χ4v) is 1.33. The molecule has 0 spiro atoms. The van der Waals surface area contributed by atoms with Gasteiger partial charge in [-0.1, -0.05) is 25.1 Å². The number of nitrogens with zero attached hydrogens (tertiary/aromatic N) is 1. The second kappa shape index (κ2) is 2.97. The monoisotopic (exact) mass is 159 g/mol. The minimum absolute atomic E-state index is 1.02. The van der Waals surface area contributed by atoms with Crippen LogP contribution in [0.15, 0.2) is 24.3 Å². The van der Waals surface area contributed by atoms with Gasteiger partial charge in [-0.15, -0.1) is 0 Å². The number of hydrogen-bond acceptors (Lipinski definition) is 1. The number of H-pyrrole nitrogens is 1. The van der Waals surface area contributed by atoms with E-state index in [-0.39, 0.29) is 0 Å². The molecule has 12 heavy (non-hydrogen) atoms. The second-order valence-corrected chi connectivity index (χ2v) is 2.77. The van der Waals surface area contributed by atoms with E-state index < -0.39 is 0 Å². The van der Waals surface area contributed by atoms with Crippen LogP contribution < -0.4 is 0 Å². The van der Waals surface area contributed by atoms with Crippen LogP contribution in [-0.4, -0.2) is 10.2 Å². The molecule has 2 heteroatoms. The van der Waals surface area contributed by atoms with E-state index in [1.165, 1.54) is 5.39 Å². The zero-order chi connectivity index (χ0) is 8.39. The van der Waals surface area contributed by atoms with Crippen molar-refractivity contribution in [2.45, 2.75) is 13.3 Å². The summed E-state index contributed by atoms with van der Waals surface area (Å²) in [6.45, 7) is 2.11. The van der Waals surface area contributed by atoms with Crippen molar-refractivity contribution in [3.8, 4) is 0 Å². The Morgan fingerprint density at radius 3 is 3.08 bits per heavy atom. The lowest BCUT2D eigenvalue weighted by Gasteiger charge is -1.90. The molecule has 0 amide bonds. The van der Waals surface area contributed by atoms with E-state index in [9.17, 15) is 0 Å². The van der Waals surface area contributed by atoms with E-state index in [1.807, 2.05) is 18.2 Å². The second-order valence-electron chi connectivity index (χ2n) is 2.77. The Kier molecular flexibility index (Phi) is 1.82. The first-order chi connectivity index (χ1) is 5.92. The maximum absolute atomic E-state index is 4.20. The smallest absolute Gasteiger partial charge is 0.0738 e. The van der Waals surface area contributed by atoms with Crippen LogP contribution in [0.5, 0.6) is 0 Å². The van der Waals surface area contributed by atoms with E-state index in [1.54, 1.807) is 0 Å². The highest BCUT2D eigenvalue weighted by molar-refractivity contribution is 5.82. The van der Waals surface area contributed by atoms with Crippen LogP contribution in [0, 0.1) is 6.42 Å². The molecule has 0 aliphatic rings. The van der Waals surface area contributed by atoms with Crippen LogP contribution in [0.1, 0.15) is 19.0 Å². The van der Waals surface area contributed by atoms with Gasteiger partial charge in [0.1, 0.15) is 0 Å². The number of benzene rings is 1. The molecule has 0 atom stereocenters. The summed E-state index contributed by atoms with van der Waals surface area (Å²) in [6.07, 6.45) is 3.15. The van der Waals surface area contributed by atoms with Gasteiger partial charge in [0.2, 0.25) is 0 Å². The summed E-state index contributed by atoms with van der Waals surface area (Å²) in [6, 6.07) is 8.16. The Labute approximate surface area is 71.6 Å². The molecule has 2 nitrogen and oxygen atoms in total. The van der Waals surface area contributed by atoms with Crippen LogP contribution in [0.4, 0.5) is 0 Å². The normalized spacial score (nSPS) is 10.8. The summed E-state index contributed by atoms with van der Waals surface area (Å²) in [4.78, 5) is 0. The van der Waals surface area contributed by atoms with Crippen LogP contribution >= 0.6 is 0 Å². The summed E-state index contributed by atoms with van der Waals surface area (Å²) >= 11 is 0. The number of rotatable bonds is 2. The third-order valence-corrected chi connectivity index (χ3v) is 1.90. The van der Waals surface area contributed by atoms with Crippen molar-refractivity contribution in [1.82, 2.24) is 10.2 Å². The Morgan fingerprint density at radius 2 is 2.25 bits per heavy atom. The summed E-state index contributed by atoms with van der Waals surface area (Å²) in [5.41, 5.74) is 2.17. The minimum atomic E-state index is 1.02. The molecule has 2 rings (SSSR count). The van der Waals surface area contributed by atoms with Crippen molar-refractivity contribution >= 4 is 10.9 Å². The zero-order valence-electron chi connectivity index (χ0n) is 7.04. The molecule has 61 valence electrons. The largest absolute Gasteiger partial charge is 0.278 e. The first-order valence-electron chi connectivity index (χ1n) is 4.18. The van der Waals surface area contributed by atoms with Gasteiger partial charge in [0.25, 0.3) is 0 Å². The number of para-hydroxylation sites is 1. The highest BCUT2D eigenvalue weighted by Gasteiger charge is 2.02. The maximum Gasteiger partial charge on any atom is 0.0738 e. The average molecular weight is 159 g/mol. The lowest BCUT2D eigenvalue weighted by Crippen LogP contribution is -1.79. The van der Waals surface area contributed by atoms with Gasteiger partial charge in [0, 0.05) is 11.8 Å². The quantitative estimate of drug-likeness (QED) is 0.716. The van der Waals surface area contributed by atoms with Gasteiger partial charge in [-0.05, 0) is 12.5 Å². The van der Waals surface area contributed by atoms with Gasteiger partial charge < -0.3 is 0 Å². The van der Waals surface area contributed by atoms with Crippen molar-refractivity contribution < 1.29 is 0 Å². The molecule has 0 bridgehead atoms. The standard InChI is InChI=1S/C10H11N2/c1-2-5-9-8-6-3-4-7-10(8)12-11-9/h3-7H,2H2,1H3,(H,11,12). The molecule has 0 aliphatic carbocycles. The predicted octanol–water partition coefficient (Wildman–Crippen LogP) is 2.53. The van der Waals surface area contributed by atoms with Crippen molar-refractivity contribution in [3.05, 3.63) is 36.4 Å². The zero-order valence-corrected chi connectivity index (χ0v) is 7.04. The van der Waals surface area contributed by atoms with Gasteiger partial charge >= 0.3 is 0 Å². The van der Waals surface area contributed by atoms with Gasteiger partial charge in [0.05, 0.1) is 11.2 Å². The molecule has 0 fully saturated rings. The fourth-order valence-electron chi connectivity index (χ4n) is 1.33. The molecule has 1 aromatic heterocycles. The maximum atomic E-state index is 4.20. The fraction of sp³-hybridized carbons (Fsp3) is 0.200. The average Bonchev–Trinajstić information content (AvgIpc) is 2.50. The predicted molar refractivity (Wildman–Crippen MR) is 49.8 cm³/mol. The van der Waals surface area contributed by atoms with Crippen molar-refractivity contribution in [2.75, 3.05) is 0 Å². The van der Waals surface area contributed by atoms with Crippen LogP contribution in [0.3, 0.4) is 0 Å². The minimum Gasteiger partial charge on any atom is -0.278 e. The van der Waals surface area contributed by atoms with Gasteiger partial charge in [0.15, 0.2) is 0 Å². The van der Waals surface area contributed by atoms with E-state index >= 15 is 0 Å².